The second-order valence-corrected chi connectivity index (χ2v) is 6.37. The molecule has 2 saturated heterocycles. The van der Waals surface area contributed by atoms with Crippen LogP contribution in [-0.4, -0.2) is 54.6 Å². The molecule has 116 valence electrons. The number of amides is 2. The fraction of sp³-hybridized carbons (Fsp3) is 0.938. The number of hydrogen-bond acceptors (Lipinski definition) is 2. The van der Waals surface area contributed by atoms with Crippen LogP contribution >= 0.6 is 0 Å². The van der Waals surface area contributed by atoms with Crippen LogP contribution in [0.25, 0.3) is 0 Å². The molecule has 4 heteroatoms. The van der Waals surface area contributed by atoms with E-state index in [0.717, 1.165) is 38.6 Å². The van der Waals surface area contributed by atoms with Crippen LogP contribution in [0, 0.1) is 0 Å². The minimum absolute atomic E-state index is 0.151. The van der Waals surface area contributed by atoms with Gasteiger partial charge in [-0.1, -0.05) is 19.3 Å². The average molecular weight is 281 g/mol. The van der Waals surface area contributed by atoms with E-state index in [1.54, 1.807) is 0 Å². The van der Waals surface area contributed by atoms with Gasteiger partial charge in [-0.3, -0.25) is 0 Å². The van der Waals surface area contributed by atoms with Crippen LogP contribution in [0.1, 0.15) is 58.3 Å². The van der Waals surface area contributed by atoms with Gasteiger partial charge < -0.3 is 15.1 Å². The van der Waals surface area contributed by atoms with E-state index in [-0.39, 0.29) is 6.03 Å². The molecule has 0 spiro atoms. The van der Waals surface area contributed by atoms with Crippen molar-refractivity contribution in [3.63, 3.8) is 0 Å². The first-order valence-electron chi connectivity index (χ1n) is 8.54. The highest BCUT2D eigenvalue weighted by Gasteiger charge is 2.18. The van der Waals surface area contributed by atoms with Crippen LogP contribution in [0.5, 0.6) is 0 Å². The van der Waals surface area contributed by atoms with Crippen LogP contribution in [0.4, 0.5) is 4.79 Å². The minimum atomic E-state index is 0.151. The lowest BCUT2D eigenvalue weighted by Gasteiger charge is -2.33. The first-order chi connectivity index (χ1) is 9.77. The molecule has 20 heavy (non-hydrogen) atoms. The second kappa shape index (κ2) is 8.50. The number of urea groups is 1. The molecule has 2 heterocycles. The third-order valence-corrected chi connectivity index (χ3v) is 4.73. The number of carbonyl (C=O) groups excluding carboxylic acids is 1. The molecular weight excluding hydrogens is 250 g/mol. The maximum absolute atomic E-state index is 12.1. The summed E-state index contributed by atoms with van der Waals surface area (Å²) in [6.45, 7) is 7.39. The number of piperidine rings is 1. The van der Waals surface area contributed by atoms with Gasteiger partial charge >= 0.3 is 6.03 Å². The van der Waals surface area contributed by atoms with Crippen LogP contribution in [0.15, 0.2) is 0 Å². The van der Waals surface area contributed by atoms with Crippen LogP contribution in [0.2, 0.25) is 0 Å². The molecule has 2 rings (SSSR count). The van der Waals surface area contributed by atoms with Gasteiger partial charge in [0.1, 0.15) is 0 Å². The largest absolute Gasteiger partial charge is 0.338 e. The molecule has 2 aliphatic heterocycles. The van der Waals surface area contributed by atoms with Gasteiger partial charge in [-0.2, -0.15) is 0 Å². The van der Waals surface area contributed by atoms with Crippen LogP contribution in [0.3, 0.4) is 0 Å². The van der Waals surface area contributed by atoms with Crippen molar-refractivity contribution in [2.45, 2.75) is 64.3 Å². The van der Waals surface area contributed by atoms with Crippen molar-refractivity contribution >= 4 is 6.03 Å². The van der Waals surface area contributed by atoms with Crippen LogP contribution < -0.4 is 5.32 Å². The van der Waals surface area contributed by atoms with E-state index in [1.165, 1.54) is 51.5 Å². The summed E-state index contributed by atoms with van der Waals surface area (Å²) in [7, 11) is 0. The molecule has 2 amide bonds. The van der Waals surface area contributed by atoms with Crippen molar-refractivity contribution in [2.75, 3.05) is 32.7 Å². The molecule has 0 aromatic rings. The lowest BCUT2D eigenvalue weighted by molar-refractivity contribution is 0.158. The molecule has 0 aromatic carbocycles. The maximum atomic E-state index is 12.1. The molecule has 0 bridgehead atoms. The number of nitrogens with zero attached hydrogens (tertiary/aromatic N) is 2. The first-order valence-corrected chi connectivity index (χ1v) is 8.54. The highest BCUT2D eigenvalue weighted by molar-refractivity contribution is 5.74. The van der Waals surface area contributed by atoms with Gasteiger partial charge in [-0.15, -0.1) is 0 Å². The van der Waals surface area contributed by atoms with Crippen molar-refractivity contribution in [3.8, 4) is 0 Å². The average Bonchev–Trinajstić information content (AvgIpc) is 2.74. The Kier molecular flexibility index (Phi) is 6.64. The fourth-order valence-corrected chi connectivity index (χ4v) is 3.35. The third kappa shape index (κ3) is 4.97. The van der Waals surface area contributed by atoms with E-state index in [2.05, 4.69) is 17.1 Å². The topological polar surface area (TPSA) is 35.6 Å². The Bertz CT molecular complexity index is 287. The number of carbonyl (C=O) groups is 1. The molecule has 0 aromatic heterocycles. The summed E-state index contributed by atoms with van der Waals surface area (Å²) in [6.07, 6.45) is 10.0. The molecule has 0 radical (unpaired) electrons. The maximum Gasteiger partial charge on any atom is 0.317 e. The normalized spacial score (nSPS) is 25.2. The van der Waals surface area contributed by atoms with Crippen molar-refractivity contribution in [1.29, 1.82) is 0 Å². The van der Waals surface area contributed by atoms with Gasteiger partial charge in [0, 0.05) is 32.2 Å². The predicted molar refractivity (Wildman–Crippen MR) is 82.9 cm³/mol. The molecule has 0 aliphatic carbocycles. The Morgan fingerprint density at radius 3 is 2.45 bits per heavy atom. The fourth-order valence-electron chi connectivity index (χ4n) is 3.35. The van der Waals surface area contributed by atoms with E-state index in [9.17, 15) is 4.79 Å². The van der Waals surface area contributed by atoms with Crippen molar-refractivity contribution < 1.29 is 4.79 Å². The highest BCUT2D eigenvalue weighted by Crippen LogP contribution is 2.16. The highest BCUT2D eigenvalue weighted by atomic mass is 16.2. The lowest BCUT2D eigenvalue weighted by Crippen LogP contribution is -2.42. The molecule has 4 nitrogen and oxygen atoms in total. The van der Waals surface area contributed by atoms with Gasteiger partial charge in [-0.25, -0.2) is 4.79 Å². The molecule has 1 atom stereocenters. The van der Waals surface area contributed by atoms with Gasteiger partial charge in [0.2, 0.25) is 0 Å². The summed E-state index contributed by atoms with van der Waals surface area (Å²) in [4.78, 5) is 16.6. The molecule has 1 N–H and O–H groups in total. The van der Waals surface area contributed by atoms with Crippen molar-refractivity contribution in [3.05, 3.63) is 0 Å². The number of likely N-dealkylation sites (tertiary alicyclic amines) is 2. The van der Waals surface area contributed by atoms with Crippen molar-refractivity contribution in [1.82, 2.24) is 15.1 Å². The Labute approximate surface area is 123 Å². The van der Waals surface area contributed by atoms with Gasteiger partial charge in [0.15, 0.2) is 0 Å². The minimum Gasteiger partial charge on any atom is -0.338 e. The Morgan fingerprint density at radius 2 is 1.75 bits per heavy atom. The summed E-state index contributed by atoms with van der Waals surface area (Å²) >= 11 is 0. The summed E-state index contributed by atoms with van der Waals surface area (Å²) < 4.78 is 0. The number of rotatable bonds is 4. The monoisotopic (exact) mass is 281 g/mol. The number of hydrogen-bond donors (Lipinski definition) is 1. The molecular formula is C16H31N3O. The number of nitrogens with one attached hydrogen (secondary N) is 1. The smallest absolute Gasteiger partial charge is 0.317 e. The third-order valence-electron chi connectivity index (χ3n) is 4.73. The zero-order valence-corrected chi connectivity index (χ0v) is 13.1. The Balaban J connectivity index is 1.58. The van der Waals surface area contributed by atoms with Crippen LogP contribution in [-0.2, 0) is 0 Å². The van der Waals surface area contributed by atoms with Gasteiger partial charge in [0.05, 0.1) is 0 Å². The summed E-state index contributed by atoms with van der Waals surface area (Å²) in [5.41, 5.74) is 0. The molecule has 0 saturated carbocycles. The van der Waals surface area contributed by atoms with E-state index in [4.69, 9.17) is 0 Å². The standard InChI is InChI=1S/C16H31N3O/c1-15-9-4-7-11-18(15)14-8-10-17-16(20)19-12-5-2-3-6-13-19/h15H,2-14H2,1H3,(H,17,20). The van der Waals surface area contributed by atoms with E-state index in [0.29, 0.717) is 0 Å². The lowest BCUT2D eigenvalue weighted by atomic mass is 10.0. The molecule has 1 unspecified atom stereocenters. The Hall–Kier alpha value is -0.770. The Morgan fingerprint density at radius 1 is 1.05 bits per heavy atom. The van der Waals surface area contributed by atoms with Gasteiger partial charge in [-0.05, 0) is 45.6 Å². The zero-order valence-electron chi connectivity index (χ0n) is 13.1. The van der Waals surface area contributed by atoms with Crippen molar-refractivity contribution in [2.24, 2.45) is 0 Å². The SMILES string of the molecule is CC1CCCCN1CCCNC(=O)N1CCCCCC1. The van der Waals surface area contributed by atoms with E-state index < -0.39 is 0 Å². The summed E-state index contributed by atoms with van der Waals surface area (Å²) in [5, 5.41) is 3.09. The second-order valence-electron chi connectivity index (χ2n) is 6.37. The first kappa shape index (κ1) is 15.6. The molecule has 2 aliphatic rings. The van der Waals surface area contributed by atoms with E-state index >= 15 is 0 Å². The summed E-state index contributed by atoms with van der Waals surface area (Å²) in [5.74, 6) is 0. The zero-order chi connectivity index (χ0) is 14.2. The molecule has 2 fully saturated rings. The summed E-state index contributed by atoms with van der Waals surface area (Å²) in [6, 6.07) is 0.878. The van der Waals surface area contributed by atoms with Gasteiger partial charge in [0.25, 0.3) is 0 Å². The predicted octanol–water partition coefficient (Wildman–Crippen LogP) is 2.84. The van der Waals surface area contributed by atoms with E-state index in [1.807, 2.05) is 4.90 Å². The quantitative estimate of drug-likeness (QED) is 0.804.